The van der Waals surface area contributed by atoms with Crippen LogP contribution in [0.5, 0.6) is 0 Å². The van der Waals surface area contributed by atoms with E-state index in [1.165, 1.54) is 29.5 Å². The molecule has 1 N–H and O–H groups in total. The number of thiophene rings is 1. The number of hydrogen-bond acceptors (Lipinski definition) is 4. The van der Waals surface area contributed by atoms with E-state index < -0.39 is 5.97 Å². The predicted molar refractivity (Wildman–Crippen MR) is 82.8 cm³/mol. The molecule has 1 heterocycles. The van der Waals surface area contributed by atoms with Crippen LogP contribution in [-0.2, 0) is 4.74 Å². The first-order chi connectivity index (χ1) is 10.1. The molecular weight excluding hydrogens is 310 g/mol. The molecule has 0 aliphatic carbocycles. The van der Waals surface area contributed by atoms with Crippen molar-refractivity contribution in [3.05, 3.63) is 51.2 Å². The third-order valence-electron chi connectivity index (χ3n) is 2.48. The molecule has 2 aromatic rings. The Kier molecular flexibility index (Phi) is 4.99. The molecule has 106 valence electrons. The Balaban J connectivity index is 2.18. The summed E-state index contributed by atoms with van der Waals surface area (Å²) >= 11 is 7.32. The zero-order chi connectivity index (χ0) is 15.2. The van der Waals surface area contributed by atoms with Crippen molar-refractivity contribution in [2.75, 3.05) is 11.9 Å². The summed E-state index contributed by atoms with van der Waals surface area (Å²) in [5.74, 6) is 1.34. The molecule has 0 atom stereocenters. The van der Waals surface area contributed by atoms with Gasteiger partial charge in [-0.05, 0) is 29.6 Å². The Hall–Kier alpha value is -2.29. The van der Waals surface area contributed by atoms with Crippen LogP contribution in [0.25, 0.3) is 0 Å². The fourth-order valence-corrected chi connectivity index (χ4v) is 2.31. The van der Waals surface area contributed by atoms with Crippen LogP contribution in [0.4, 0.5) is 5.69 Å². The highest BCUT2D eigenvalue weighted by Crippen LogP contribution is 2.24. The van der Waals surface area contributed by atoms with Crippen molar-refractivity contribution >= 4 is 40.5 Å². The fourth-order valence-electron chi connectivity index (χ4n) is 1.53. The molecule has 0 saturated carbocycles. The van der Waals surface area contributed by atoms with E-state index in [4.69, 9.17) is 22.8 Å². The summed E-state index contributed by atoms with van der Waals surface area (Å²) in [5.41, 5.74) is 0.598. The van der Waals surface area contributed by atoms with E-state index in [1.54, 1.807) is 17.5 Å². The number of hydrogen-bond donors (Lipinski definition) is 1. The Morgan fingerprint density at radius 1 is 1.38 bits per heavy atom. The Bertz CT molecular complexity index is 704. The van der Waals surface area contributed by atoms with Gasteiger partial charge in [-0.2, -0.15) is 0 Å². The summed E-state index contributed by atoms with van der Waals surface area (Å²) in [4.78, 5) is 24.2. The van der Waals surface area contributed by atoms with Gasteiger partial charge in [0.2, 0.25) is 0 Å². The molecule has 1 amide bonds. The second kappa shape index (κ2) is 6.93. The Labute approximate surface area is 130 Å². The van der Waals surface area contributed by atoms with Crippen LogP contribution in [0.2, 0.25) is 5.02 Å². The van der Waals surface area contributed by atoms with Gasteiger partial charge in [0, 0.05) is 0 Å². The van der Waals surface area contributed by atoms with Gasteiger partial charge >= 0.3 is 5.97 Å². The van der Waals surface area contributed by atoms with Gasteiger partial charge in [-0.1, -0.05) is 23.6 Å². The number of benzene rings is 1. The molecule has 0 fully saturated rings. The van der Waals surface area contributed by atoms with Crippen LogP contribution in [0.1, 0.15) is 20.0 Å². The number of carbonyl (C=O) groups excluding carboxylic acids is 2. The van der Waals surface area contributed by atoms with Gasteiger partial charge in [-0.25, -0.2) is 4.79 Å². The lowest BCUT2D eigenvalue weighted by Crippen LogP contribution is -2.12. The zero-order valence-electron chi connectivity index (χ0n) is 10.8. The maximum Gasteiger partial charge on any atom is 0.339 e. The quantitative estimate of drug-likeness (QED) is 0.693. The molecule has 21 heavy (non-hydrogen) atoms. The third kappa shape index (κ3) is 3.85. The molecule has 0 aliphatic heterocycles. The van der Waals surface area contributed by atoms with Crippen molar-refractivity contribution in [3.8, 4) is 12.3 Å². The number of anilines is 1. The molecule has 0 spiro atoms. The minimum absolute atomic E-state index is 0.113. The molecule has 2 rings (SSSR count). The standard InChI is InChI=1S/C15H10ClNO3S/c1-2-7-20-15(19)10-5-6-11(16)12(9-10)17-14(18)13-4-3-8-21-13/h1,3-6,8-9H,7H2,(H,17,18). The normalized spacial score (nSPS) is 9.71. The monoisotopic (exact) mass is 319 g/mol. The molecule has 0 bridgehead atoms. The van der Waals surface area contributed by atoms with Crippen molar-refractivity contribution in [1.29, 1.82) is 0 Å². The highest BCUT2D eigenvalue weighted by molar-refractivity contribution is 7.12. The minimum atomic E-state index is -0.573. The number of ether oxygens (including phenoxy) is 1. The molecule has 0 radical (unpaired) electrons. The summed E-state index contributed by atoms with van der Waals surface area (Å²) in [6.45, 7) is -0.113. The number of nitrogens with one attached hydrogen (secondary N) is 1. The van der Waals surface area contributed by atoms with Crippen molar-refractivity contribution < 1.29 is 14.3 Å². The van der Waals surface area contributed by atoms with Crippen LogP contribution in [0.15, 0.2) is 35.7 Å². The highest BCUT2D eigenvalue weighted by Gasteiger charge is 2.13. The number of amides is 1. The second-order valence-corrected chi connectivity index (χ2v) is 5.26. The van der Waals surface area contributed by atoms with Crippen LogP contribution in [0, 0.1) is 12.3 Å². The first-order valence-electron chi connectivity index (χ1n) is 5.87. The van der Waals surface area contributed by atoms with E-state index in [-0.39, 0.29) is 18.1 Å². The topological polar surface area (TPSA) is 55.4 Å². The van der Waals surface area contributed by atoms with Crippen LogP contribution < -0.4 is 5.32 Å². The van der Waals surface area contributed by atoms with E-state index in [9.17, 15) is 9.59 Å². The number of halogens is 1. The summed E-state index contributed by atoms with van der Waals surface area (Å²) in [6, 6.07) is 7.93. The number of esters is 1. The lowest BCUT2D eigenvalue weighted by molar-refractivity contribution is 0.0556. The molecule has 4 nitrogen and oxygen atoms in total. The third-order valence-corrected chi connectivity index (χ3v) is 3.68. The maximum absolute atomic E-state index is 12.0. The smallest absolute Gasteiger partial charge is 0.339 e. The number of carbonyl (C=O) groups is 2. The van der Waals surface area contributed by atoms with Crippen LogP contribution in [-0.4, -0.2) is 18.5 Å². The van der Waals surface area contributed by atoms with E-state index in [0.29, 0.717) is 15.6 Å². The predicted octanol–water partition coefficient (Wildman–Crippen LogP) is 3.44. The SMILES string of the molecule is C#CCOC(=O)c1ccc(Cl)c(NC(=O)c2cccs2)c1. The van der Waals surface area contributed by atoms with Gasteiger partial charge < -0.3 is 10.1 Å². The van der Waals surface area contributed by atoms with Gasteiger partial charge in [0.1, 0.15) is 0 Å². The lowest BCUT2D eigenvalue weighted by atomic mass is 10.2. The van der Waals surface area contributed by atoms with Crippen LogP contribution >= 0.6 is 22.9 Å². The molecule has 0 saturated heterocycles. The van der Waals surface area contributed by atoms with Gasteiger partial charge in [0.15, 0.2) is 6.61 Å². The number of terminal acetylenes is 1. The molecule has 0 aliphatic rings. The van der Waals surface area contributed by atoms with Gasteiger partial charge in [0.05, 0.1) is 21.2 Å². The maximum atomic E-state index is 12.0. The first-order valence-corrected chi connectivity index (χ1v) is 7.12. The van der Waals surface area contributed by atoms with Gasteiger partial charge in [-0.15, -0.1) is 17.8 Å². The van der Waals surface area contributed by atoms with Crippen molar-refractivity contribution in [2.45, 2.75) is 0 Å². The fraction of sp³-hybridized carbons (Fsp3) is 0.0667. The van der Waals surface area contributed by atoms with Crippen molar-refractivity contribution in [3.63, 3.8) is 0 Å². The van der Waals surface area contributed by atoms with Gasteiger partial charge in [-0.3, -0.25) is 4.79 Å². The van der Waals surface area contributed by atoms with E-state index in [1.807, 2.05) is 0 Å². The largest absolute Gasteiger partial charge is 0.449 e. The molecule has 6 heteroatoms. The summed E-state index contributed by atoms with van der Waals surface area (Å²) in [6.07, 6.45) is 5.02. The average molecular weight is 320 g/mol. The average Bonchev–Trinajstić information content (AvgIpc) is 3.01. The second-order valence-electron chi connectivity index (χ2n) is 3.91. The first kappa shape index (κ1) is 15.1. The molecule has 0 unspecified atom stereocenters. The molecular formula is C15H10ClNO3S. The Morgan fingerprint density at radius 3 is 2.86 bits per heavy atom. The summed E-state index contributed by atoms with van der Waals surface area (Å²) in [5, 5.41) is 4.78. The van der Waals surface area contributed by atoms with E-state index >= 15 is 0 Å². The van der Waals surface area contributed by atoms with Crippen LogP contribution in [0.3, 0.4) is 0 Å². The Morgan fingerprint density at radius 2 is 2.19 bits per heavy atom. The van der Waals surface area contributed by atoms with E-state index in [0.717, 1.165) is 0 Å². The van der Waals surface area contributed by atoms with E-state index in [2.05, 4.69) is 11.2 Å². The minimum Gasteiger partial charge on any atom is -0.449 e. The van der Waals surface area contributed by atoms with Crippen molar-refractivity contribution in [2.24, 2.45) is 0 Å². The lowest BCUT2D eigenvalue weighted by Gasteiger charge is -2.08. The molecule has 1 aromatic heterocycles. The summed E-state index contributed by atoms with van der Waals surface area (Å²) in [7, 11) is 0. The summed E-state index contributed by atoms with van der Waals surface area (Å²) < 4.78 is 4.82. The van der Waals surface area contributed by atoms with Crippen molar-refractivity contribution in [1.82, 2.24) is 0 Å². The molecule has 1 aromatic carbocycles. The zero-order valence-corrected chi connectivity index (χ0v) is 12.3. The highest BCUT2D eigenvalue weighted by atomic mass is 35.5. The number of rotatable bonds is 4. The van der Waals surface area contributed by atoms with Gasteiger partial charge in [0.25, 0.3) is 5.91 Å².